The van der Waals surface area contributed by atoms with E-state index in [4.69, 9.17) is 11.6 Å². The number of hydrogen-bond donors (Lipinski definition) is 0. The molecule has 0 N–H and O–H groups in total. The van der Waals surface area contributed by atoms with Crippen molar-refractivity contribution in [1.29, 1.82) is 0 Å². The Kier molecular flexibility index (Phi) is 9.29. The van der Waals surface area contributed by atoms with E-state index in [2.05, 4.69) is 44.2 Å². The van der Waals surface area contributed by atoms with Crippen LogP contribution in [-0.2, 0) is 6.42 Å². The Morgan fingerprint density at radius 3 is 2.15 bits per heavy atom. The van der Waals surface area contributed by atoms with Gasteiger partial charge >= 0.3 is 0 Å². The first-order chi connectivity index (χ1) is 16.6. The first-order valence-corrected chi connectivity index (χ1v) is 14.2. The van der Waals surface area contributed by atoms with Crippen LogP contribution in [0.3, 0.4) is 0 Å². The lowest BCUT2D eigenvalue weighted by Gasteiger charge is -2.29. The Balaban J connectivity index is 1.33. The fraction of sp³-hybridized carbons (Fsp3) is 0.562. The van der Waals surface area contributed by atoms with E-state index in [1.54, 1.807) is 0 Å². The van der Waals surface area contributed by atoms with Crippen LogP contribution in [0.25, 0.3) is 5.57 Å². The summed E-state index contributed by atoms with van der Waals surface area (Å²) >= 11 is 6.44. The highest BCUT2D eigenvalue weighted by molar-refractivity contribution is 6.32. The van der Waals surface area contributed by atoms with Gasteiger partial charge in [0.05, 0.1) is 5.02 Å². The molecule has 2 heteroatoms. The van der Waals surface area contributed by atoms with Gasteiger partial charge in [0.15, 0.2) is 0 Å². The summed E-state index contributed by atoms with van der Waals surface area (Å²) in [6, 6.07) is 13.5. The molecule has 1 saturated carbocycles. The molecule has 0 saturated heterocycles. The van der Waals surface area contributed by atoms with Gasteiger partial charge in [-0.15, -0.1) is 0 Å². The summed E-state index contributed by atoms with van der Waals surface area (Å²) < 4.78 is 14.7. The molecular weight excluding hydrogens is 439 g/mol. The second kappa shape index (κ2) is 12.4. The van der Waals surface area contributed by atoms with E-state index >= 15 is 0 Å². The van der Waals surface area contributed by atoms with E-state index in [9.17, 15) is 4.39 Å². The van der Waals surface area contributed by atoms with Crippen LogP contribution >= 0.6 is 11.6 Å². The summed E-state index contributed by atoms with van der Waals surface area (Å²) in [6.07, 6.45) is 18.2. The van der Waals surface area contributed by atoms with Gasteiger partial charge in [0.2, 0.25) is 0 Å². The number of rotatable bonds is 9. The molecule has 0 heterocycles. The highest BCUT2D eigenvalue weighted by Gasteiger charge is 2.23. The lowest BCUT2D eigenvalue weighted by Crippen LogP contribution is -2.13. The van der Waals surface area contributed by atoms with Gasteiger partial charge in [-0.05, 0) is 96.9 Å². The lowest BCUT2D eigenvalue weighted by atomic mass is 9.76. The molecule has 0 nitrogen and oxygen atoms in total. The fourth-order valence-electron chi connectivity index (χ4n) is 6.19. The van der Waals surface area contributed by atoms with E-state index in [-0.39, 0.29) is 5.82 Å². The maximum atomic E-state index is 14.7. The molecular formula is C32H42ClF. The molecule has 0 bridgehead atoms. The van der Waals surface area contributed by atoms with Crippen molar-refractivity contribution in [1.82, 2.24) is 0 Å². The third-order valence-electron chi connectivity index (χ3n) is 8.38. The van der Waals surface area contributed by atoms with E-state index in [1.807, 2.05) is 12.1 Å². The van der Waals surface area contributed by atoms with Crippen LogP contribution in [0.5, 0.6) is 0 Å². The molecule has 184 valence electrons. The molecule has 1 fully saturated rings. The Hall–Kier alpha value is -1.60. The van der Waals surface area contributed by atoms with Crippen molar-refractivity contribution in [2.75, 3.05) is 0 Å². The largest absolute Gasteiger partial charge is 0.205 e. The van der Waals surface area contributed by atoms with Crippen molar-refractivity contribution in [2.24, 2.45) is 5.92 Å². The van der Waals surface area contributed by atoms with Gasteiger partial charge in [-0.2, -0.15) is 0 Å². The average Bonchev–Trinajstić information content (AvgIpc) is 2.88. The first kappa shape index (κ1) is 25.5. The van der Waals surface area contributed by atoms with E-state index in [0.717, 1.165) is 55.1 Å². The lowest BCUT2D eigenvalue weighted by molar-refractivity contribution is 0.303. The molecule has 2 aliphatic rings. The molecule has 0 aromatic heterocycles. The SMILES string of the molecule is CCCCCC1CCC(c2ccc(C3CC=C(c4ccc(CCC)c(F)c4Cl)CC3)cc2)CC1. The van der Waals surface area contributed by atoms with Crippen molar-refractivity contribution in [3.63, 3.8) is 0 Å². The van der Waals surface area contributed by atoms with Crippen molar-refractivity contribution in [3.8, 4) is 0 Å². The topological polar surface area (TPSA) is 0 Å². The maximum Gasteiger partial charge on any atom is 0.145 e. The number of hydrogen-bond acceptors (Lipinski definition) is 0. The number of aryl methyl sites for hydroxylation is 1. The number of allylic oxidation sites excluding steroid dienone is 2. The molecule has 2 aliphatic carbocycles. The summed E-state index contributed by atoms with van der Waals surface area (Å²) in [6.45, 7) is 4.36. The predicted octanol–water partition coefficient (Wildman–Crippen LogP) is 10.6. The Bertz CT molecular complexity index is 950. The molecule has 2 aromatic rings. The van der Waals surface area contributed by atoms with Crippen LogP contribution in [0, 0.1) is 11.7 Å². The highest BCUT2D eigenvalue weighted by atomic mass is 35.5. The fourth-order valence-corrected chi connectivity index (χ4v) is 6.49. The smallest absolute Gasteiger partial charge is 0.145 e. The normalized spacial score (nSPS) is 23.1. The molecule has 1 unspecified atom stereocenters. The van der Waals surface area contributed by atoms with Gasteiger partial charge in [-0.25, -0.2) is 4.39 Å². The molecule has 0 aliphatic heterocycles. The number of unbranched alkanes of at least 4 members (excludes halogenated alkanes) is 2. The second-order valence-corrected chi connectivity index (χ2v) is 11.1. The first-order valence-electron chi connectivity index (χ1n) is 13.9. The molecule has 0 spiro atoms. The van der Waals surface area contributed by atoms with Crippen molar-refractivity contribution in [2.45, 2.75) is 109 Å². The monoisotopic (exact) mass is 480 g/mol. The van der Waals surface area contributed by atoms with Gasteiger partial charge in [-0.3, -0.25) is 0 Å². The van der Waals surface area contributed by atoms with Gasteiger partial charge in [0.25, 0.3) is 0 Å². The van der Waals surface area contributed by atoms with Crippen LogP contribution in [-0.4, -0.2) is 0 Å². The molecule has 2 aromatic carbocycles. The molecule has 4 rings (SSSR count). The van der Waals surface area contributed by atoms with Gasteiger partial charge in [0.1, 0.15) is 5.82 Å². The van der Waals surface area contributed by atoms with Gasteiger partial charge in [0, 0.05) is 0 Å². The van der Waals surface area contributed by atoms with Crippen LogP contribution in [0.4, 0.5) is 4.39 Å². The Morgan fingerprint density at radius 2 is 1.53 bits per heavy atom. The zero-order valence-electron chi connectivity index (χ0n) is 21.2. The Labute approximate surface area is 212 Å². The van der Waals surface area contributed by atoms with Crippen LogP contribution in [0.15, 0.2) is 42.5 Å². The minimum atomic E-state index is -0.227. The van der Waals surface area contributed by atoms with Crippen LogP contribution in [0.2, 0.25) is 5.02 Å². The maximum absolute atomic E-state index is 14.7. The summed E-state index contributed by atoms with van der Waals surface area (Å²) in [4.78, 5) is 0. The number of halogens is 2. The van der Waals surface area contributed by atoms with Gasteiger partial charge < -0.3 is 0 Å². The Morgan fingerprint density at radius 1 is 0.824 bits per heavy atom. The zero-order chi connectivity index (χ0) is 23.9. The van der Waals surface area contributed by atoms with Crippen LogP contribution < -0.4 is 0 Å². The van der Waals surface area contributed by atoms with E-state index in [0.29, 0.717) is 10.9 Å². The summed E-state index contributed by atoms with van der Waals surface area (Å²) in [5.74, 6) is 2.04. The second-order valence-electron chi connectivity index (χ2n) is 10.7. The quantitative estimate of drug-likeness (QED) is 0.313. The molecule has 0 amide bonds. The minimum absolute atomic E-state index is 0.227. The molecule has 0 radical (unpaired) electrons. The summed E-state index contributed by atoms with van der Waals surface area (Å²) in [5, 5.41) is 0.306. The number of benzene rings is 2. The third-order valence-corrected chi connectivity index (χ3v) is 8.75. The van der Waals surface area contributed by atoms with Gasteiger partial charge in [-0.1, -0.05) is 100 Å². The molecule has 1 atom stereocenters. The molecule has 34 heavy (non-hydrogen) atoms. The summed E-state index contributed by atoms with van der Waals surface area (Å²) in [5.41, 5.74) is 5.81. The van der Waals surface area contributed by atoms with Crippen LogP contribution in [0.1, 0.15) is 125 Å². The zero-order valence-corrected chi connectivity index (χ0v) is 22.0. The standard InChI is InChI=1S/C32H42ClF/c1-3-5-6-8-23-9-11-24(12-10-23)25-13-15-26(16-14-25)27-17-19-28(20-18-27)30-22-21-29(7-4-2)32(34)31(30)33/h13-16,19,21-24,27H,3-12,17-18,20H2,1-2H3. The summed E-state index contributed by atoms with van der Waals surface area (Å²) in [7, 11) is 0. The van der Waals surface area contributed by atoms with E-state index in [1.165, 1.54) is 68.1 Å². The third kappa shape index (κ3) is 6.14. The highest BCUT2D eigenvalue weighted by Crippen LogP contribution is 2.41. The van der Waals surface area contributed by atoms with Crippen molar-refractivity contribution in [3.05, 3.63) is 75.6 Å². The average molecular weight is 481 g/mol. The van der Waals surface area contributed by atoms with Crippen molar-refractivity contribution < 1.29 is 4.39 Å². The van der Waals surface area contributed by atoms with E-state index < -0.39 is 0 Å². The predicted molar refractivity (Wildman–Crippen MR) is 145 cm³/mol. The van der Waals surface area contributed by atoms with Crippen molar-refractivity contribution >= 4 is 17.2 Å². The minimum Gasteiger partial charge on any atom is -0.205 e.